The molecule has 0 aliphatic carbocycles. The van der Waals surface area contributed by atoms with Gasteiger partial charge in [-0.15, -0.1) is 0 Å². The Labute approximate surface area is 140 Å². The van der Waals surface area contributed by atoms with E-state index >= 15 is 0 Å². The third kappa shape index (κ3) is 2.75. The summed E-state index contributed by atoms with van der Waals surface area (Å²) in [6.45, 7) is 2.41. The summed E-state index contributed by atoms with van der Waals surface area (Å²) < 4.78 is 2.36. The van der Waals surface area contributed by atoms with Gasteiger partial charge in [0.1, 0.15) is 0 Å². The van der Waals surface area contributed by atoms with Crippen molar-refractivity contribution in [1.29, 1.82) is 0 Å². The molecule has 4 rings (SSSR count). The molecule has 1 aliphatic rings. The molecule has 3 aromatic rings. The second-order valence-corrected chi connectivity index (χ2v) is 6.62. The first-order valence-corrected chi connectivity index (χ1v) is 8.11. The molecule has 0 fully saturated rings. The molecule has 23 heavy (non-hydrogen) atoms. The van der Waals surface area contributed by atoms with Crippen LogP contribution < -0.4 is 11.3 Å². The number of aromatic amines is 1. The van der Waals surface area contributed by atoms with Gasteiger partial charge in [-0.25, -0.2) is 4.98 Å². The topological polar surface area (TPSA) is 92.3 Å². The summed E-state index contributed by atoms with van der Waals surface area (Å²) in [7, 11) is 0. The maximum atomic E-state index is 12.1. The van der Waals surface area contributed by atoms with E-state index in [4.69, 9.17) is 5.73 Å². The molecule has 0 atom stereocenters. The lowest BCUT2D eigenvalue weighted by Gasteiger charge is -2.28. The number of hydrogen-bond acceptors (Lipinski definition) is 5. The van der Waals surface area contributed by atoms with Gasteiger partial charge in [-0.05, 0) is 29.7 Å². The monoisotopic (exact) mass is 374 g/mol. The number of nitrogens with two attached hydrogens (primary N) is 1. The van der Waals surface area contributed by atoms with Crippen molar-refractivity contribution in [3.63, 3.8) is 0 Å². The first-order valence-electron chi connectivity index (χ1n) is 7.32. The molecular formula is C15H15BrN6O. The van der Waals surface area contributed by atoms with Gasteiger partial charge in [-0.2, -0.15) is 9.50 Å². The molecule has 8 heteroatoms. The van der Waals surface area contributed by atoms with Crippen LogP contribution in [0.25, 0.3) is 5.78 Å². The highest BCUT2D eigenvalue weighted by Crippen LogP contribution is 2.23. The second-order valence-electron chi connectivity index (χ2n) is 5.70. The Balaban J connectivity index is 1.59. The predicted octanol–water partition coefficient (Wildman–Crippen LogP) is 1.32. The maximum Gasteiger partial charge on any atom is 0.274 e. The van der Waals surface area contributed by atoms with Gasteiger partial charge in [-0.3, -0.25) is 14.8 Å². The number of rotatable bonds is 2. The van der Waals surface area contributed by atoms with Crippen LogP contribution in [-0.4, -0.2) is 31.0 Å². The number of fused-ring (bicyclic) bond motifs is 2. The van der Waals surface area contributed by atoms with Gasteiger partial charge in [0.25, 0.3) is 11.3 Å². The minimum absolute atomic E-state index is 0.184. The molecule has 0 radical (unpaired) electrons. The van der Waals surface area contributed by atoms with Crippen molar-refractivity contribution < 1.29 is 0 Å². The number of anilines is 1. The molecule has 0 saturated heterocycles. The summed E-state index contributed by atoms with van der Waals surface area (Å²) >= 11 is 3.51. The zero-order valence-electron chi connectivity index (χ0n) is 12.3. The minimum atomic E-state index is -0.199. The maximum absolute atomic E-state index is 12.1. The number of H-pyrrole nitrogens is 1. The zero-order chi connectivity index (χ0) is 16.0. The number of benzene rings is 1. The second kappa shape index (κ2) is 5.47. The zero-order valence-corrected chi connectivity index (χ0v) is 13.9. The van der Waals surface area contributed by atoms with Crippen molar-refractivity contribution >= 4 is 27.7 Å². The van der Waals surface area contributed by atoms with E-state index < -0.39 is 0 Å². The summed E-state index contributed by atoms with van der Waals surface area (Å²) in [4.78, 5) is 22.8. The van der Waals surface area contributed by atoms with E-state index in [0.29, 0.717) is 18.0 Å². The van der Waals surface area contributed by atoms with Gasteiger partial charge in [0, 0.05) is 30.2 Å². The summed E-state index contributed by atoms with van der Waals surface area (Å²) in [5, 5.41) is 2.67. The van der Waals surface area contributed by atoms with Crippen molar-refractivity contribution in [3.8, 4) is 0 Å². The molecule has 3 N–H and O–H groups in total. The lowest BCUT2D eigenvalue weighted by Crippen LogP contribution is -2.31. The average Bonchev–Trinajstić information content (AvgIpc) is 2.88. The first kappa shape index (κ1) is 14.4. The Morgan fingerprint density at radius 3 is 3.00 bits per heavy atom. The fourth-order valence-electron chi connectivity index (χ4n) is 2.97. The normalized spacial score (nSPS) is 15.0. The van der Waals surface area contributed by atoms with Gasteiger partial charge in [0.05, 0.1) is 5.69 Å². The van der Waals surface area contributed by atoms with Crippen molar-refractivity contribution in [3.05, 3.63) is 55.9 Å². The third-order valence-electron chi connectivity index (χ3n) is 4.05. The predicted molar refractivity (Wildman–Crippen MR) is 90.0 cm³/mol. The number of halogens is 1. The van der Waals surface area contributed by atoms with Gasteiger partial charge < -0.3 is 5.73 Å². The van der Waals surface area contributed by atoms with Crippen LogP contribution in [0.5, 0.6) is 0 Å². The van der Waals surface area contributed by atoms with Crippen molar-refractivity contribution in [1.82, 2.24) is 24.5 Å². The van der Waals surface area contributed by atoms with Crippen LogP contribution in [0.4, 0.5) is 5.95 Å². The van der Waals surface area contributed by atoms with Crippen LogP contribution in [0.15, 0.2) is 33.5 Å². The number of nitrogens with one attached hydrogen (secondary N) is 1. The molecule has 0 spiro atoms. The first-order chi connectivity index (χ1) is 11.1. The fourth-order valence-corrected chi connectivity index (χ4v) is 3.38. The Kier molecular flexibility index (Phi) is 3.42. The number of aromatic nitrogens is 4. The van der Waals surface area contributed by atoms with E-state index in [1.165, 1.54) is 21.7 Å². The molecule has 2 aromatic heterocycles. The molecule has 7 nitrogen and oxygen atoms in total. The third-order valence-corrected chi connectivity index (χ3v) is 4.54. The van der Waals surface area contributed by atoms with Crippen LogP contribution >= 0.6 is 15.9 Å². The van der Waals surface area contributed by atoms with Crippen LogP contribution in [0.3, 0.4) is 0 Å². The molecule has 0 unspecified atom stereocenters. The minimum Gasteiger partial charge on any atom is -0.368 e. The summed E-state index contributed by atoms with van der Waals surface area (Å²) in [6.07, 6.45) is 0.991. The molecular weight excluding hydrogens is 360 g/mol. The van der Waals surface area contributed by atoms with Gasteiger partial charge >= 0.3 is 0 Å². The van der Waals surface area contributed by atoms with E-state index in [9.17, 15) is 4.79 Å². The van der Waals surface area contributed by atoms with Gasteiger partial charge in [-0.1, -0.05) is 22.0 Å². The lowest BCUT2D eigenvalue weighted by molar-refractivity contribution is 0.242. The highest BCUT2D eigenvalue weighted by atomic mass is 79.9. The van der Waals surface area contributed by atoms with E-state index in [2.05, 4.69) is 54.1 Å². The SMILES string of the molecule is Nc1nc2nc(CN3CCc4cc(Br)ccc4C3)cc(=O)n2[nH]1. The van der Waals surface area contributed by atoms with Crippen LogP contribution in [0, 0.1) is 0 Å². The Morgan fingerprint density at radius 2 is 2.13 bits per heavy atom. The average molecular weight is 375 g/mol. The largest absolute Gasteiger partial charge is 0.368 e. The molecule has 0 amide bonds. The highest BCUT2D eigenvalue weighted by molar-refractivity contribution is 9.10. The van der Waals surface area contributed by atoms with Crippen molar-refractivity contribution in [2.45, 2.75) is 19.5 Å². The van der Waals surface area contributed by atoms with E-state index in [1.54, 1.807) is 0 Å². The van der Waals surface area contributed by atoms with Crippen molar-refractivity contribution in [2.75, 3.05) is 12.3 Å². The summed E-state index contributed by atoms with van der Waals surface area (Å²) in [5.74, 6) is 0.496. The molecule has 1 aromatic carbocycles. The summed E-state index contributed by atoms with van der Waals surface area (Å²) in [5.41, 5.74) is 8.78. The quantitative estimate of drug-likeness (QED) is 0.705. The smallest absolute Gasteiger partial charge is 0.274 e. The lowest BCUT2D eigenvalue weighted by atomic mass is 10.00. The van der Waals surface area contributed by atoms with Gasteiger partial charge in [0.2, 0.25) is 5.95 Å². The van der Waals surface area contributed by atoms with Crippen molar-refractivity contribution in [2.24, 2.45) is 0 Å². The van der Waals surface area contributed by atoms with Crippen LogP contribution in [-0.2, 0) is 19.5 Å². The van der Waals surface area contributed by atoms with Crippen LogP contribution in [0.1, 0.15) is 16.8 Å². The van der Waals surface area contributed by atoms with E-state index in [0.717, 1.165) is 24.0 Å². The standard InChI is InChI=1S/C15H15BrN6O/c16-11-2-1-10-7-21(4-3-9(10)5-11)8-12-6-13(23)22-15(18-12)19-14(17)20-22/h1-2,5-6H,3-4,7-8H2,(H3,17,18,19,20). The fraction of sp³-hybridized carbons (Fsp3) is 0.267. The molecule has 0 bridgehead atoms. The molecule has 3 heterocycles. The van der Waals surface area contributed by atoms with Crippen LogP contribution in [0.2, 0.25) is 0 Å². The number of hydrogen-bond donors (Lipinski definition) is 2. The number of nitrogens with zero attached hydrogens (tertiary/aromatic N) is 4. The molecule has 0 saturated carbocycles. The number of nitrogen functional groups attached to an aromatic ring is 1. The molecule has 118 valence electrons. The van der Waals surface area contributed by atoms with E-state index in [1.807, 2.05) is 0 Å². The van der Waals surface area contributed by atoms with E-state index in [-0.39, 0.29) is 11.5 Å². The molecule has 1 aliphatic heterocycles. The van der Waals surface area contributed by atoms with Gasteiger partial charge in [0.15, 0.2) is 0 Å². The Bertz CT molecular complexity index is 947. The Morgan fingerprint density at radius 1 is 1.26 bits per heavy atom. The highest BCUT2D eigenvalue weighted by Gasteiger charge is 2.18. The summed E-state index contributed by atoms with van der Waals surface area (Å²) in [6, 6.07) is 7.91. The Hall–Kier alpha value is -2.19.